The molecule has 0 aliphatic heterocycles. The smallest absolute Gasteiger partial charge is 0.315 e. The van der Waals surface area contributed by atoms with Gasteiger partial charge in [0.25, 0.3) is 0 Å². The van der Waals surface area contributed by atoms with Crippen LogP contribution in [-0.2, 0) is 14.3 Å². The molecular formula is C22H42O3. The van der Waals surface area contributed by atoms with Gasteiger partial charge in [-0.25, -0.2) is 0 Å². The SMILES string of the molecule is CC(C)(C)C(OC(=O)C(C)(C(C)(C)C)C(C)(C)C)OC1CCCCC1. The minimum absolute atomic E-state index is 0.150. The quantitative estimate of drug-likeness (QED) is 0.436. The second kappa shape index (κ2) is 7.58. The molecule has 148 valence electrons. The lowest BCUT2D eigenvalue weighted by Gasteiger charge is -2.50. The van der Waals surface area contributed by atoms with Gasteiger partial charge < -0.3 is 9.47 Å². The molecule has 1 atom stereocenters. The van der Waals surface area contributed by atoms with E-state index < -0.39 is 11.7 Å². The molecule has 25 heavy (non-hydrogen) atoms. The molecule has 0 heterocycles. The van der Waals surface area contributed by atoms with Gasteiger partial charge in [-0.1, -0.05) is 81.6 Å². The van der Waals surface area contributed by atoms with Crippen LogP contribution in [0, 0.1) is 21.7 Å². The third-order valence-corrected chi connectivity index (χ3v) is 6.20. The highest BCUT2D eigenvalue weighted by molar-refractivity contribution is 5.78. The summed E-state index contributed by atoms with van der Waals surface area (Å²) in [6.45, 7) is 21.0. The standard InChI is InChI=1S/C22H42O3/c1-19(2,3)18(24-16-14-12-11-13-15-16)25-17(23)22(10,20(4,5)6)21(7,8)9/h16,18H,11-15H2,1-10H3. The number of hydrogen-bond acceptors (Lipinski definition) is 3. The van der Waals surface area contributed by atoms with Crippen LogP contribution in [0.25, 0.3) is 0 Å². The molecule has 0 bridgehead atoms. The van der Waals surface area contributed by atoms with E-state index in [1.807, 2.05) is 6.92 Å². The maximum Gasteiger partial charge on any atom is 0.315 e. The summed E-state index contributed by atoms with van der Waals surface area (Å²) in [6, 6.07) is 0. The topological polar surface area (TPSA) is 35.5 Å². The molecule has 0 N–H and O–H groups in total. The fourth-order valence-electron chi connectivity index (χ4n) is 3.74. The monoisotopic (exact) mass is 354 g/mol. The zero-order valence-corrected chi connectivity index (χ0v) is 18.4. The van der Waals surface area contributed by atoms with Crippen molar-refractivity contribution in [1.82, 2.24) is 0 Å². The van der Waals surface area contributed by atoms with E-state index >= 15 is 0 Å². The van der Waals surface area contributed by atoms with Gasteiger partial charge in [0.2, 0.25) is 6.29 Å². The van der Waals surface area contributed by atoms with Crippen LogP contribution < -0.4 is 0 Å². The van der Waals surface area contributed by atoms with Crippen LogP contribution in [0.15, 0.2) is 0 Å². The van der Waals surface area contributed by atoms with Crippen LogP contribution in [0.3, 0.4) is 0 Å². The van der Waals surface area contributed by atoms with Crippen molar-refractivity contribution < 1.29 is 14.3 Å². The van der Waals surface area contributed by atoms with Gasteiger partial charge in [0.1, 0.15) is 0 Å². The fourth-order valence-corrected chi connectivity index (χ4v) is 3.74. The third-order valence-electron chi connectivity index (χ3n) is 6.20. The van der Waals surface area contributed by atoms with Gasteiger partial charge in [0.05, 0.1) is 11.5 Å². The van der Waals surface area contributed by atoms with E-state index in [1.165, 1.54) is 19.3 Å². The number of esters is 1. The summed E-state index contributed by atoms with van der Waals surface area (Å²) in [5.41, 5.74) is -1.28. The van der Waals surface area contributed by atoms with Gasteiger partial charge in [0.15, 0.2) is 0 Å². The highest BCUT2D eigenvalue weighted by atomic mass is 16.7. The van der Waals surface area contributed by atoms with Gasteiger partial charge >= 0.3 is 5.97 Å². The molecule has 0 aromatic heterocycles. The average Bonchev–Trinajstić information content (AvgIpc) is 2.43. The van der Waals surface area contributed by atoms with E-state index in [-0.39, 0.29) is 28.3 Å². The van der Waals surface area contributed by atoms with Crippen molar-refractivity contribution in [2.45, 2.75) is 114 Å². The number of ether oxygens (including phenoxy) is 2. The van der Waals surface area contributed by atoms with Crippen LogP contribution >= 0.6 is 0 Å². The van der Waals surface area contributed by atoms with Crippen molar-refractivity contribution in [3.63, 3.8) is 0 Å². The minimum Gasteiger partial charge on any atom is -0.435 e. The molecular weight excluding hydrogens is 312 g/mol. The first-order valence-corrected chi connectivity index (χ1v) is 9.97. The van der Waals surface area contributed by atoms with Gasteiger partial charge in [-0.3, -0.25) is 4.79 Å². The molecule has 0 aromatic carbocycles. The largest absolute Gasteiger partial charge is 0.435 e. The molecule has 0 amide bonds. The van der Waals surface area contributed by atoms with E-state index in [0.29, 0.717) is 0 Å². The number of rotatable bonds is 4. The highest BCUT2D eigenvalue weighted by Gasteiger charge is 2.54. The normalized spacial score (nSPS) is 19.6. The zero-order valence-electron chi connectivity index (χ0n) is 18.4. The summed E-state index contributed by atoms with van der Waals surface area (Å²) in [6.07, 6.45) is 5.54. The van der Waals surface area contributed by atoms with Gasteiger partial charge in [-0.2, -0.15) is 0 Å². The molecule has 1 unspecified atom stereocenters. The summed E-state index contributed by atoms with van der Waals surface area (Å²) in [5, 5.41) is 0. The van der Waals surface area contributed by atoms with E-state index in [2.05, 4.69) is 62.3 Å². The number of carbonyl (C=O) groups is 1. The molecule has 1 aliphatic rings. The van der Waals surface area contributed by atoms with Crippen molar-refractivity contribution in [1.29, 1.82) is 0 Å². The van der Waals surface area contributed by atoms with Crippen LogP contribution in [0.2, 0.25) is 0 Å². The fraction of sp³-hybridized carbons (Fsp3) is 0.955. The lowest BCUT2D eigenvalue weighted by Crippen LogP contribution is -2.53. The Morgan fingerprint density at radius 2 is 1.24 bits per heavy atom. The van der Waals surface area contributed by atoms with Crippen molar-refractivity contribution in [2.24, 2.45) is 21.7 Å². The molecule has 0 aromatic rings. The Balaban J connectivity index is 3.03. The molecule has 3 heteroatoms. The Bertz CT molecular complexity index is 425. The van der Waals surface area contributed by atoms with Gasteiger partial charge in [0, 0.05) is 5.41 Å². The van der Waals surface area contributed by atoms with Crippen LogP contribution in [-0.4, -0.2) is 18.4 Å². The molecule has 1 rings (SSSR count). The first-order valence-electron chi connectivity index (χ1n) is 9.97. The molecule has 1 aliphatic carbocycles. The van der Waals surface area contributed by atoms with E-state index in [4.69, 9.17) is 9.47 Å². The van der Waals surface area contributed by atoms with Crippen molar-refractivity contribution in [2.75, 3.05) is 0 Å². The summed E-state index contributed by atoms with van der Waals surface area (Å²) >= 11 is 0. The van der Waals surface area contributed by atoms with Crippen molar-refractivity contribution in [3.05, 3.63) is 0 Å². The second-order valence-electron chi connectivity index (χ2n) is 11.1. The molecule has 0 spiro atoms. The Morgan fingerprint density at radius 1 is 0.800 bits per heavy atom. The maximum absolute atomic E-state index is 13.4. The van der Waals surface area contributed by atoms with E-state index in [9.17, 15) is 4.79 Å². The number of carbonyl (C=O) groups excluding carboxylic acids is 1. The summed E-state index contributed by atoms with van der Waals surface area (Å²) in [5.74, 6) is -0.150. The van der Waals surface area contributed by atoms with E-state index in [0.717, 1.165) is 12.8 Å². The molecule has 3 nitrogen and oxygen atoms in total. The average molecular weight is 355 g/mol. The van der Waals surface area contributed by atoms with Crippen LogP contribution in [0.4, 0.5) is 0 Å². The lowest BCUT2D eigenvalue weighted by molar-refractivity contribution is -0.238. The van der Waals surface area contributed by atoms with Crippen LogP contribution in [0.5, 0.6) is 0 Å². The molecule has 1 saturated carbocycles. The molecule has 1 fully saturated rings. The maximum atomic E-state index is 13.4. The second-order valence-corrected chi connectivity index (χ2v) is 11.1. The summed E-state index contributed by atoms with van der Waals surface area (Å²) in [7, 11) is 0. The Hall–Kier alpha value is -0.570. The first-order chi connectivity index (χ1) is 11.1. The highest BCUT2D eigenvalue weighted by Crippen LogP contribution is 2.52. The zero-order chi connectivity index (χ0) is 19.7. The van der Waals surface area contributed by atoms with Gasteiger partial charge in [-0.05, 0) is 30.6 Å². The van der Waals surface area contributed by atoms with Gasteiger partial charge in [-0.15, -0.1) is 0 Å². The molecule has 0 saturated heterocycles. The minimum atomic E-state index is -0.612. The van der Waals surface area contributed by atoms with E-state index in [1.54, 1.807) is 0 Å². The first kappa shape index (κ1) is 22.5. The Morgan fingerprint density at radius 3 is 1.60 bits per heavy atom. The summed E-state index contributed by atoms with van der Waals surface area (Å²) < 4.78 is 12.4. The Labute approximate surface area is 156 Å². The third kappa shape index (κ3) is 5.21. The van der Waals surface area contributed by atoms with Crippen molar-refractivity contribution >= 4 is 5.97 Å². The lowest BCUT2D eigenvalue weighted by atomic mass is 9.55. The van der Waals surface area contributed by atoms with Crippen molar-refractivity contribution in [3.8, 4) is 0 Å². The summed E-state index contributed by atoms with van der Waals surface area (Å²) in [4.78, 5) is 13.4. The van der Waals surface area contributed by atoms with Crippen LogP contribution in [0.1, 0.15) is 101 Å². The Kier molecular flexibility index (Phi) is 6.81. The molecule has 0 radical (unpaired) electrons. The predicted molar refractivity (Wildman–Crippen MR) is 104 cm³/mol. The predicted octanol–water partition coefficient (Wildman–Crippen LogP) is 6.35. The number of hydrogen-bond donors (Lipinski definition) is 0.